The molecule has 3 N–H and O–H groups in total. The molecule has 1 rings (SSSR count). The van der Waals surface area contributed by atoms with Crippen LogP contribution < -0.4 is 11.1 Å². The van der Waals surface area contributed by atoms with Crippen LogP contribution in [0.3, 0.4) is 0 Å². The SMILES string of the molecule is CCN(C)C(=O)CNc1cc(C)nc(N)n1. The summed E-state index contributed by atoms with van der Waals surface area (Å²) >= 11 is 0. The lowest BCUT2D eigenvalue weighted by molar-refractivity contribution is -0.127. The summed E-state index contributed by atoms with van der Waals surface area (Å²) in [6.07, 6.45) is 0. The van der Waals surface area contributed by atoms with Gasteiger partial charge in [0.2, 0.25) is 11.9 Å². The van der Waals surface area contributed by atoms with E-state index < -0.39 is 0 Å². The highest BCUT2D eigenvalue weighted by atomic mass is 16.2. The number of amides is 1. The number of nitrogens with one attached hydrogen (secondary N) is 1. The molecule has 0 aliphatic rings. The van der Waals surface area contributed by atoms with Crippen LogP contribution in [0.25, 0.3) is 0 Å². The fraction of sp³-hybridized carbons (Fsp3) is 0.500. The number of anilines is 2. The van der Waals surface area contributed by atoms with Crippen LogP contribution in [-0.4, -0.2) is 40.9 Å². The highest BCUT2D eigenvalue weighted by Gasteiger charge is 2.06. The van der Waals surface area contributed by atoms with Crippen molar-refractivity contribution in [3.63, 3.8) is 0 Å². The minimum Gasteiger partial charge on any atom is -0.368 e. The summed E-state index contributed by atoms with van der Waals surface area (Å²) < 4.78 is 0. The van der Waals surface area contributed by atoms with Crippen molar-refractivity contribution in [2.75, 3.05) is 31.2 Å². The second-order valence-electron chi connectivity index (χ2n) is 3.51. The Morgan fingerprint density at radius 2 is 2.25 bits per heavy atom. The highest BCUT2D eigenvalue weighted by molar-refractivity contribution is 5.80. The quantitative estimate of drug-likeness (QED) is 0.764. The summed E-state index contributed by atoms with van der Waals surface area (Å²) in [5, 5.41) is 2.92. The largest absolute Gasteiger partial charge is 0.368 e. The number of nitrogen functional groups attached to an aromatic ring is 1. The molecule has 1 aromatic heterocycles. The maximum atomic E-state index is 11.5. The molecular formula is C10H17N5O. The molecule has 0 saturated heterocycles. The summed E-state index contributed by atoms with van der Waals surface area (Å²) in [4.78, 5) is 21.1. The fourth-order valence-electron chi connectivity index (χ4n) is 1.16. The van der Waals surface area contributed by atoms with Gasteiger partial charge in [0, 0.05) is 25.4 Å². The van der Waals surface area contributed by atoms with Gasteiger partial charge in [-0.2, -0.15) is 4.98 Å². The molecule has 0 fully saturated rings. The van der Waals surface area contributed by atoms with E-state index >= 15 is 0 Å². The maximum Gasteiger partial charge on any atom is 0.241 e. The normalized spacial score (nSPS) is 9.94. The minimum absolute atomic E-state index is 0.0114. The maximum absolute atomic E-state index is 11.5. The molecule has 0 atom stereocenters. The van der Waals surface area contributed by atoms with Gasteiger partial charge >= 0.3 is 0 Å². The van der Waals surface area contributed by atoms with Crippen molar-refractivity contribution in [2.24, 2.45) is 0 Å². The lowest BCUT2D eigenvalue weighted by atomic mass is 10.4. The van der Waals surface area contributed by atoms with E-state index in [9.17, 15) is 4.79 Å². The second kappa shape index (κ2) is 5.29. The first-order valence-corrected chi connectivity index (χ1v) is 5.12. The summed E-state index contributed by atoms with van der Waals surface area (Å²) in [6.45, 7) is 4.64. The van der Waals surface area contributed by atoms with Gasteiger partial charge in [-0.1, -0.05) is 0 Å². The standard InChI is InChI=1S/C10H17N5O/c1-4-15(3)9(16)6-12-8-5-7(2)13-10(11)14-8/h5H,4,6H2,1-3H3,(H3,11,12,13,14). The van der Waals surface area contributed by atoms with Crippen LogP contribution in [0.4, 0.5) is 11.8 Å². The molecule has 1 heterocycles. The lowest BCUT2D eigenvalue weighted by Crippen LogP contribution is -2.32. The Morgan fingerprint density at radius 1 is 1.56 bits per heavy atom. The molecule has 1 aromatic rings. The first kappa shape index (κ1) is 12.2. The number of carbonyl (C=O) groups is 1. The first-order valence-electron chi connectivity index (χ1n) is 5.12. The number of aryl methyl sites for hydroxylation is 1. The van der Waals surface area contributed by atoms with E-state index in [1.807, 2.05) is 13.8 Å². The van der Waals surface area contributed by atoms with Gasteiger partial charge < -0.3 is 16.0 Å². The van der Waals surface area contributed by atoms with Gasteiger partial charge in [-0.15, -0.1) is 0 Å². The van der Waals surface area contributed by atoms with Crippen molar-refractivity contribution in [1.29, 1.82) is 0 Å². The van der Waals surface area contributed by atoms with Gasteiger partial charge in [-0.25, -0.2) is 4.98 Å². The zero-order valence-corrected chi connectivity index (χ0v) is 9.82. The van der Waals surface area contributed by atoms with Crippen molar-refractivity contribution in [3.05, 3.63) is 11.8 Å². The van der Waals surface area contributed by atoms with Crippen LogP contribution in [0.2, 0.25) is 0 Å². The van der Waals surface area contributed by atoms with Gasteiger partial charge in [0.05, 0.1) is 6.54 Å². The van der Waals surface area contributed by atoms with Crippen LogP contribution in [-0.2, 0) is 4.79 Å². The van der Waals surface area contributed by atoms with Crippen molar-refractivity contribution in [2.45, 2.75) is 13.8 Å². The molecule has 16 heavy (non-hydrogen) atoms. The Labute approximate surface area is 94.9 Å². The molecule has 6 heteroatoms. The average molecular weight is 223 g/mol. The number of hydrogen-bond acceptors (Lipinski definition) is 5. The third-order valence-electron chi connectivity index (χ3n) is 2.19. The predicted molar refractivity (Wildman–Crippen MR) is 63.0 cm³/mol. The lowest BCUT2D eigenvalue weighted by Gasteiger charge is -2.15. The summed E-state index contributed by atoms with van der Waals surface area (Å²) in [5.74, 6) is 0.791. The zero-order valence-electron chi connectivity index (χ0n) is 9.82. The van der Waals surface area contributed by atoms with E-state index in [1.54, 1.807) is 18.0 Å². The predicted octanol–water partition coefficient (Wildman–Crippen LogP) is 0.257. The van der Waals surface area contributed by atoms with E-state index in [2.05, 4.69) is 15.3 Å². The third-order valence-corrected chi connectivity index (χ3v) is 2.19. The molecule has 0 spiro atoms. The number of aromatic nitrogens is 2. The molecule has 6 nitrogen and oxygen atoms in total. The number of nitrogens with two attached hydrogens (primary N) is 1. The van der Waals surface area contributed by atoms with Gasteiger partial charge in [0.1, 0.15) is 5.82 Å². The van der Waals surface area contributed by atoms with E-state index in [-0.39, 0.29) is 18.4 Å². The van der Waals surface area contributed by atoms with Crippen LogP contribution in [0, 0.1) is 6.92 Å². The molecular weight excluding hydrogens is 206 g/mol. The number of likely N-dealkylation sites (N-methyl/N-ethyl adjacent to an activating group) is 1. The molecule has 0 saturated carbocycles. The Bertz CT molecular complexity index is 359. The van der Waals surface area contributed by atoms with Crippen LogP contribution in [0.5, 0.6) is 0 Å². The fourth-order valence-corrected chi connectivity index (χ4v) is 1.16. The smallest absolute Gasteiger partial charge is 0.241 e. The molecule has 0 aliphatic heterocycles. The first-order chi connectivity index (χ1) is 7.52. The van der Waals surface area contributed by atoms with E-state index in [4.69, 9.17) is 5.73 Å². The van der Waals surface area contributed by atoms with Gasteiger partial charge in [-0.3, -0.25) is 4.79 Å². The van der Waals surface area contributed by atoms with Crippen molar-refractivity contribution >= 4 is 17.7 Å². The number of nitrogens with zero attached hydrogens (tertiary/aromatic N) is 3. The topological polar surface area (TPSA) is 84.1 Å². The van der Waals surface area contributed by atoms with Crippen molar-refractivity contribution < 1.29 is 4.79 Å². The Morgan fingerprint density at radius 3 is 2.81 bits per heavy atom. The van der Waals surface area contributed by atoms with E-state index in [0.717, 1.165) is 5.69 Å². The molecule has 0 aromatic carbocycles. The number of rotatable bonds is 4. The molecule has 88 valence electrons. The number of hydrogen-bond donors (Lipinski definition) is 2. The summed E-state index contributed by atoms with van der Waals surface area (Å²) in [6, 6.07) is 1.75. The Hall–Kier alpha value is -1.85. The van der Waals surface area contributed by atoms with Crippen LogP contribution >= 0.6 is 0 Å². The van der Waals surface area contributed by atoms with Crippen LogP contribution in [0.15, 0.2) is 6.07 Å². The second-order valence-corrected chi connectivity index (χ2v) is 3.51. The van der Waals surface area contributed by atoms with Crippen LogP contribution in [0.1, 0.15) is 12.6 Å². The molecule has 0 unspecified atom stereocenters. The molecule has 0 bridgehead atoms. The summed E-state index contributed by atoms with van der Waals surface area (Å²) in [7, 11) is 1.75. The highest BCUT2D eigenvalue weighted by Crippen LogP contribution is 2.06. The minimum atomic E-state index is 0.0114. The third kappa shape index (κ3) is 3.38. The Kier molecular flexibility index (Phi) is 4.04. The zero-order chi connectivity index (χ0) is 12.1. The monoisotopic (exact) mass is 223 g/mol. The van der Waals surface area contributed by atoms with Gasteiger partial charge in [-0.05, 0) is 13.8 Å². The number of carbonyl (C=O) groups excluding carboxylic acids is 1. The van der Waals surface area contributed by atoms with E-state index in [0.29, 0.717) is 12.4 Å². The van der Waals surface area contributed by atoms with Gasteiger partial charge in [0.15, 0.2) is 0 Å². The summed E-state index contributed by atoms with van der Waals surface area (Å²) in [5.41, 5.74) is 6.26. The average Bonchev–Trinajstić information content (AvgIpc) is 2.23. The molecule has 0 aliphatic carbocycles. The molecule has 1 amide bonds. The van der Waals surface area contributed by atoms with Crippen molar-refractivity contribution in [3.8, 4) is 0 Å². The van der Waals surface area contributed by atoms with Gasteiger partial charge in [0.25, 0.3) is 0 Å². The molecule has 0 radical (unpaired) electrons. The van der Waals surface area contributed by atoms with E-state index in [1.165, 1.54) is 0 Å². The Balaban J connectivity index is 2.58. The van der Waals surface area contributed by atoms with Crippen molar-refractivity contribution in [1.82, 2.24) is 14.9 Å².